The molecule has 2 aromatic rings. The number of hydrogen-bond acceptors (Lipinski definition) is 6. The van der Waals surface area contributed by atoms with Gasteiger partial charge in [-0.05, 0) is 42.8 Å². The molecule has 0 saturated heterocycles. The fourth-order valence-corrected chi connectivity index (χ4v) is 5.04. The van der Waals surface area contributed by atoms with E-state index in [0.29, 0.717) is 5.56 Å². The summed E-state index contributed by atoms with van der Waals surface area (Å²) in [7, 11) is -9.29. The molecule has 0 unspecified atom stereocenters. The molecule has 0 radical (unpaired) electrons. The van der Waals surface area contributed by atoms with E-state index >= 15 is 0 Å². The minimum atomic E-state index is -4.17. The lowest BCUT2D eigenvalue weighted by atomic mass is 10.2. The highest BCUT2D eigenvalue weighted by Crippen LogP contribution is 2.25. The van der Waals surface area contributed by atoms with Crippen LogP contribution in [0.1, 0.15) is 5.56 Å². The Hall–Kier alpha value is -1.99. The minimum Gasteiger partial charge on any atom is -0.280 e. The van der Waals surface area contributed by atoms with Gasteiger partial charge in [0.25, 0.3) is 10.0 Å². The van der Waals surface area contributed by atoms with E-state index in [1.165, 1.54) is 50.5 Å². The number of nitrogens with zero attached hydrogens (tertiary/aromatic N) is 1. The third-order valence-electron chi connectivity index (χ3n) is 3.64. The van der Waals surface area contributed by atoms with Crippen molar-refractivity contribution in [2.24, 2.45) is 5.14 Å². The summed E-state index contributed by atoms with van der Waals surface area (Å²) in [5, 5.41) is 5.02. The summed E-state index contributed by atoms with van der Waals surface area (Å²) < 4.78 is 75.9. The molecule has 0 aliphatic heterocycles. The molecule has 148 valence electrons. The number of aryl methyl sites for hydroxylation is 1. The Morgan fingerprint density at radius 1 is 0.889 bits per heavy atom. The number of benzene rings is 2. The van der Waals surface area contributed by atoms with Crippen LogP contribution < -0.4 is 9.86 Å². The third kappa shape index (κ3) is 4.65. The Morgan fingerprint density at radius 2 is 1.48 bits per heavy atom. The molecule has 12 heteroatoms. The van der Waals surface area contributed by atoms with Gasteiger partial charge < -0.3 is 0 Å². The zero-order valence-electron chi connectivity index (χ0n) is 14.7. The molecule has 0 aliphatic carbocycles. The Balaban J connectivity index is 2.48. The van der Waals surface area contributed by atoms with Crippen molar-refractivity contribution in [2.75, 3.05) is 18.8 Å². The van der Waals surface area contributed by atoms with Gasteiger partial charge in [0, 0.05) is 14.1 Å². The summed E-state index contributed by atoms with van der Waals surface area (Å²) in [6, 6.07) is 8.60. The molecule has 0 heterocycles. The summed E-state index contributed by atoms with van der Waals surface area (Å²) in [5.74, 6) is 0. The fraction of sp³-hybridized carbons (Fsp3) is 0.200. The number of anilines is 1. The predicted octanol–water partition coefficient (Wildman–Crippen LogP) is 0.694. The number of nitrogens with two attached hydrogens (primary N) is 1. The minimum absolute atomic E-state index is 0.0158. The molecule has 3 N–H and O–H groups in total. The Bertz CT molecular complexity index is 1190. The summed E-state index contributed by atoms with van der Waals surface area (Å²) in [5.41, 5.74) is 0.463. The van der Waals surface area contributed by atoms with Crippen LogP contribution in [0.3, 0.4) is 0 Å². The molecule has 27 heavy (non-hydrogen) atoms. The summed E-state index contributed by atoms with van der Waals surface area (Å²) in [6.07, 6.45) is 0. The summed E-state index contributed by atoms with van der Waals surface area (Å²) >= 11 is 0. The van der Waals surface area contributed by atoms with E-state index in [2.05, 4.69) is 4.72 Å². The van der Waals surface area contributed by atoms with Crippen molar-refractivity contribution in [1.29, 1.82) is 0 Å². The highest BCUT2D eigenvalue weighted by molar-refractivity contribution is 7.93. The van der Waals surface area contributed by atoms with Gasteiger partial charge in [0.2, 0.25) is 20.0 Å². The molecule has 0 bridgehead atoms. The van der Waals surface area contributed by atoms with Gasteiger partial charge in [-0.15, -0.1) is 0 Å². The van der Waals surface area contributed by atoms with Crippen LogP contribution in [0.2, 0.25) is 0 Å². The van der Waals surface area contributed by atoms with Crippen molar-refractivity contribution in [3.63, 3.8) is 0 Å². The van der Waals surface area contributed by atoms with Gasteiger partial charge in [-0.25, -0.2) is 34.7 Å². The van der Waals surface area contributed by atoms with E-state index in [4.69, 9.17) is 5.14 Å². The van der Waals surface area contributed by atoms with Crippen LogP contribution in [0.15, 0.2) is 57.2 Å². The predicted molar refractivity (Wildman–Crippen MR) is 101 cm³/mol. The summed E-state index contributed by atoms with van der Waals surface area (Å²) in [6.45, 7) is 1.59. The van der Waals surface area contributed by atoms with E-state index in [0.717, 1.165) is 10.4 Å². The SMILES string of the molecule is Cc1ccc(NS(=O)(=O)c2cccc(S(N)(=O)=O)c2)cc1S(=O)(=O)N(C)C. The number of primary sulfonamides is 1. The Kier molecular flexibility index (Phi) is 5.69. The summed E-state index contributed by atoms with van der Waals surface area (Å²) in [4.78, 5) is -0.734. The van der Waals surface area contributed by atoms with Gasteiger partial charge in [0.15, 0.2) is 0 Å². The van der Waals surface area contributed by atoms with Crippen LogP contribution in [0.4, 0.5) is 5.69 Å². The van der Waals surface area contributed by atoms with Gasteiger partial charge >= 0.3 is 0 Å². The maximum absolute atomic E-state index is 12.6. The quantitative estimate of drug-likeness (QED) is 0.686. The molecule has 0 spiro atoms. The van der Waals surface area contributed by atoms with Gasteiger partial charge in [0.1, 0.15) is 0 Å². The highest BCUT2D eigenvalue weighted by Gasteiger charge is 2.22. The second kappa shape index (κ2) is 7.20. The lowest BCUT2D eigenvalue weighted by molar-refractivity contribution is 0.520. The molecule has 0 amide bonds. The van der Waals surface area contributed by atoms with E-state index < -0.39 is 30.1 Å². The number of hydrogen-bond donors (Lipinski definition) is 2. The molecule has 0 fully saturated rings. The van der Waals surface area contributed by atoms with Gasteiger partial charge in [-0.2, -0.15) is 0 Å². The largest absolute Gasteiger partial charge is 0.280 e. The van der Waals surface area contributed by atoms with E-state index in [-0.39, 0.29) is 20.4 Å². The van der Waals surface area contributed by atoms with Crippen molar-refractivity contribution in [1.82, 2.24) is 4.31 Å². The first-order valence-electron chi connectivity index (χ1n) is 7.44. The second-order valence-electron chi connectivity index (χ2n) is 5.89. The molecule has 2 aromatic carbocycles. The van der Waals surface area contributed by atoms with Crippen LogP contribution in [0, 0.1) is 6.92 Å². The zero-order valence-corrected chi connectivity index (χ0v) is 17.2. The highest BCUT2D eigenvalue weighted by atomic mass is 32.2. The van der Waals surface area contributed by atoms with Crippen LogP contribution in [-0.4, -0.2) is 43.7 Å². The van der Waals surface area contributed by atoms with Crippen molar-refractivity contribution in [3.05, 3.63) is 48.0 Å². The number of sulfonamides is 3. The maximum Gasteiger partial charge on any atom is 0.261 e. The van der Waals surface area contributed by atoms with Crippen molar-refractivity contribution in [3.8, 4) is 0 Å². The molecule has 0 atom stereocenters. The van der Waals surface area contributed by atoms with E-state index in [1.807, 2.05) is 0 Å². The van der Waals surface area contributed by atoms with Gasteiger partial charge in [-0.3, -0.25) is 4.72 Å². The first-order chi connectivity index (χ1) is 12.2. The maximum atomic E-state index is 12.6. The zero-order chi connectivity index (χ0) is 20.6. The van der Waals surface area contributed by atoms with Crippen molar-refractivity contribution in [2.45, 2.75) is 21.6 Å². The van der Waals surface area contributed by atoms with Gasteiger partial charge in [0.05, 0.1) is 20.4 Å². The fourth-order valence-electron chi connectivity index (χ4n) is 2.17. The molecule has 0 saturated carbocycles. The van der Waals surface area contributed by atoms with Crippen molar-refractivity contribution < 1.29 is 25.3 Å². The number of nitrogens with one attached hydrogen (secondary N) is 1. The Morgan fingerprint density at radius 3 is 2.04 bits per heavy atom. The van der Waals surface area contributed by atoms with Crippen molar-refractivity contribution >= 4 is 35.8 Å². The third-order valence-corrected chi connectivity index (χ3v) is 7.89. The first kappa shape index (κ1) is 21.3. The number of rotatable bonds is 6. The molecule has 0 aliphatic rings. The molecular weight excluding hydrogens is 414 g/mol. The van der Waals surface area contributed by atoms with Crippen LogP contribution in [-0.2, 0) is 30.1 Å². The Labute approximate surface area is 159 Å². The molecule has 0 aromatic heterocycles. The van der Waals surface area contributed by atoms with Crippen LogP contribution >= 0.6 is 0 Å². The lowest BCUT2D eigenvalue weighted by Crippen LogP contribution is -2.23. The molecular formula is C15H19N3O6S3. The van der Waals surface area contributed by atoms with E-state index in [1.54, 1.807) is 6.92 Å². The molecule has 9 nitrogen and oxygen atoms in total. The van der Waals surface area contributed by atoms with Gasteiger partial charge in [-0.1, -0.05) is 12.1 Å². The topological polar surface area (TPSA) is 144 Å². The smallest absolute Gasteiger partial charge is 0.261 e. The first-order valence-corrected chi connectivity index (χ1v) is 11.9. The lowest BCUT2D eigenvalue weighted by Gasteiger charge is -2.15. The van der Waals surface area contributed by atoms with Crippen LogP contribution in [0.25, 0.3) is 0 Å². The average Bonchev–Trinajstić information content (AvgIpc) is 2.55. The standard InChI is InChI=1S/C15H19N3O6S3/c1-11-7-8-12(9-15(11)27(23,24)18(2)3)17-26(21,22)14-6-4-5-13(10-14)25(16,19)20/h4-10,17H,1-3H3,(H2,16,19,20). The monoisotopic (exact) mass is 433 g/mol. The average molecular weight is 434 g/mol. The second-order valence-corrected chi connectivity index (χ2v) is 11.3. The van der Waals surface area contributed by atoms with Crippen LogP contribution in [0.5, 0.6) is 0 Å². The van der Waals surface area contributed by atoms with E-state index in [9.17, 15) is 25.3 Å². The normalized spacial score (nSPS) is 12.9. The molecule has 2 rings (SSSR count).